The molecule has 0 bridgehead atoms. The molecule has 2 fully saturated rings. The molecule has 1 saturated heterocycles. The number of hydrogen-bond donors (Lipinski definition) is 1. The monoisotopic (exact) mass is 438 g/mol. The number of carbonyl (C=O) groups is 3. The Morgan fingerprint density at radius 3 is 2.34 bits per heavy atom. The van der Waals surface area contributed by atoms with Gasteiger partial charge >= 0.3 is 0 Å². The van der Waals surface area contributed by atoms with E-state index in [9.17, 15) is 14.4 Å². The van der Waals surface area contributed by atoms with Gasteiger partial charge in [-0.15, -0.1) is 0 Å². The number of nitrogens with zero attached hydrogens (tertiary/aromatic N) is 3. The number of benzene rings is 1. The van der Waals surface area contributed by atoms with E-state index in [-0.39, 0.29) is 43.0 Å². The Balaban J connectivity index is 1.41. The van der Waals surface area contributed by atoms with E-state index < -0.39 is 0 Å². The van der Waals surface area contributed by atoms with Crippen molar-refractivity contribution in [2.75, 3.05) is 24.5 Å². The van der Waals surface area contributed by atoms with E-state index in [1.54, 1.807) is 4.90 Å². The van der Waals surface area contributed by atoms with Crippen molar-refractivity contribution in [2.45, 2.75) is 70.3 Å². The fraction of sp³-hybridized carbons (Fsp3) is 0.600. The van der Waals surface area contributed by atoms with Crippen molar-refractivity contribution in [3.8, 4) is 6.07 Å². The highest BCUT2D eigenvalue weighted by Gasteiger charge is 2.29. The van der Waals surface area contributed by atoms with Crippen molar-refractivity contribution in [1.82, 2.24) is 10.2 Å². The fourth-order valence-corrected chi connectivity index (χ4v) is 4.67. The second kappa shape index (κ2) is 12.2. The normalized spacial score (nSPS) is 17.4. The van der Waals surface area contributed by atoms with Gasteiger partial charge in [0.1, 0.15) is 0 Å². The first-order valence-corrected chi connectivity index (χ1v) is 11.9. The van der Waals surface area contributed by atoms with E-state index in [2.05, 4.69) is 11.4 Å². The van der Waals surface area contributed by atoms with Crippen LogP contribution in [0.2, 0.25) is 0 Å². The summed E-state index contributed by atoms with van der Waals surface area (Å²) in [5.41, 5.74) is 0.739. The van der Waals surface area contributed by atoms with Gasteiger partial charge in [0.05, 0.1) is 12.5 Å². The Morgan fingerprint density at radius 2 is 1.69 bits per heavy atom. The summed E-state index contributed by atoms with van der Waals surface area (Å²) in [6.45, 7) is 1.69. The van der Waals surface area contributed by atoms with Crippen LogP contribution in [-0.4, -0.2) is 48.3 Å². The van der Waals surface area contributed by atoms with Gasteiger partial charge in [0.15, 0.2) is 0 Å². The minimum absolute atomic E-state index is 0.0526. The molecule has 1 saturated carbocycles. The Morgan fingerprint density at radius 1 is 1.00 bits per heavy atom. The average molecular weight is 439 g/mol. The molecule has 32 heavy (non-hydrogen) atoms. The maximum atomic E-state index is 12.7. The van der Waals surface area contributed by atoms with Crippen LogP contribution in [0, 0.1) is 17.2 Å². The van der Waals surface area contributed by atoms with E-state index in [1.165, 1.54) is 6.42 Å². The summed E-state index contributed by atoms with van der Waals surface area (Å²) in [6, 6.07) is 11.4. The number of rotatable bonds is 8. The average Bonchev–Trinajstić information content (AvgIpc) is 2.84. The molecular formula is C25H34N4O3. The van der Waals surface area contributed by atoms with Gasteiger partial charge in [0.25, 0.3) is 0 Å². The SMILES string of the molecule is N#CCCN(C(=O)CCC(=O)NC1CCN(C(=O)C2CCCCC2)CC1)c1ccccc1. The molecule has 1 aromatic carbocycles. The van der Waals surface area contributed by atoms with E-state index in [0.29, 0.717) is 25.5 Å². The van der Waals surface area contributed by atoms with Crippen LogP contribution in [0.1, 0.15) is 64.2 Å². The Labute approximate surface area is 190 Å². The first-order chi connectivity index (χ1) is 15.6. The molecular weight excluding hydrogens is 404 g/mol. The second-order valence-corrected chi connectivity index (χ2v) is 8.79. The molecule has 0 atom stereocenters. The van der Waals surface area contributed by atoms with Crippen molar-refractivity contribution in [3.05, 3.63) is 30.3 Å². The minimum atomic E-state index is -0.158. The lowest BCUT2D eigenvalue weighted by Crippen LogP contribution is -2.48. The third kappa shape index (κ3) is 6.81. The van der Waals surface area contributed by atoms with Gasteiger partial charge in [-0.1, -0.05) is 37.5 Å². The van der Waals surface area contributed by atoms with Crippen molar-refractivity contribution >= 4 is 23.4 Å². The van der Waals surface area contributed by atoms with E-state index in [1.807, 2.05) is 35.2 Å². The van der Waals surface area contributed by atoms with Crippen molar-refractivity contribution < 1.29 is 14.4 Å². The molecule has 0 spiro atoms. The molecule has 0 aromatic heterocycles. The van der Waals surface area contributed by atoms with Crippen molar-refractivity contribution in [1.29, 1.82) is 5.26 Å². The van der Waals surface area contributed by atoms with Crippen molar-refractivity contribution in [3.63, 3.8) is 0 Å². The second-order valence-electron chi connectivity index (χ2n) is 8.79. The lowest BCUT2D eigenvalue weighted by atomic mass is 9.87. The third-order valence-corrected chi connectivity index (χ3v) is 6.51. The lowest BCUT2D eigenvalue weighted by molar-refractivity contribution is -0.137. The molecule has 7 nitrogen and oxygen atoms in total. The van der Waals surface area contributed by atoms with Crippen LogP contribution in [0.25, 0.3) is 0 Å². The van der Waals surface area contributed by atoms with Crippen molar-refractivity contribution in [2.24, 2.45) is 5.92 Å². The predicted molar refractivity (Wildman–Crippen MR) is 123 cm³/mol. The predicted octanol–water partition coefficient (Wildman–Crippen LogP) is 3.40. The van der Waals surface area contributed by atoms with E-state index >= 15 is 0 Å². The topological polar surface area (TPSA) is 93.5 Å². The summed E-state index contributed by atoms with van der Waals surface area (Å²) in [5, 5.41) is 11.9. The molecule has 3 amide bonds. The lowest BCUT2D eigenvalue weighted by Gasteiger charge is -2.35. The molecule has 1 aliphatic carbocycles. The Bertz CT molecular complexity index is 806. The summed E-state index contributed by atoms with van der Waals surface area (Å²) < 4.78 is 0. The number of likely N-dealkylation sites (tertiary alicyclic amines) is 1. The summed E-state index contributed by atoms with van der Waals surface area (Å²) in [7, 11) is 0. The Hall–Kier alpha value is -2.88. The number of para-hydroxylation sites is 1. The van der Waals surface area contributed by atoms with Gasteiger partial charge in [-0.25, -0.2) is 0 Å². The number of nitriles is 1. The number of anilines is 1. The fourth-order valence-electron chi connectivity index (χ4n) is 4.67. The van der Waals surface area contributed by atoms with Crippen LogP contribution >= 0.6 is 0 Å². The number of nitrogens with one attached hydrogen (secondary N) is 1. The van der Waals surface area contributed by atoms with Gasteiger partial charge in [0, 0.05) is 50.1 Å². The van der Waals surface area contributed by atoms with Gasteiger partial charge in [-0.05, 0) is 37.8 Å². The molecule has 2 aliphatic rings. The number of carbonyl (C=O) groups excluding carboxylic acids is 3. The maximum Gasteiger partial charge on any atom is 0.227 e. The summed E-state index contributed by atoms with van der Waals surface area (Å²) in [4.78, 5) is 41.4. The Kier molecular flexibility index (Phi) is 9.09. The summed E-state index contributed by atoms with van der Waals surface area (Å²) in [6.07, 6.45) is 7.55. The quantitative estimate of drug-likeness (QED) is 0.673. The summed E-state index contributed by atoms with van der Waals surface area (Å²) >= 11 is 0. The van der Waals surface area contributed by atoms with Crippen LogP contribution in [0.3, 0.4) is 0 Å². The van der Waals surface area contributed by atoms with E-state index in [0.717, 1.165) is 44.2 Å². The van der Waals surface area contributed by atoms with Gasteiger partial charge in [0.2, 0.25) is 17.7 Å². The first-order valence-electron chi connectivity index (χ1n) is 11.9. The van der Waals surface area contributed by atoms with Crippen LogP contribution < -0.4 is 10.2 Å². The molecule has 1 N–H and O–H groups in total. The molecule has 7 heteroatoms. The van der Waals surface area contributed by atoms with Crippen LogP contribution in [0.5, 0.6) is 0 Å². The van der Waals surface area contributed by atoms with Crippen LogP contribution in [-0.2, 0) is 14.4 Å². The highest BCUT2D eigenvalue weighted by molar-refractivity contribution is 5.95. The highest BCUT2D eigenvalue weighted by Crippen LogP contribution is 2.26. The molecule has 0 unspecified atom stereocenters. The molecule has 0 radical (unpaired) electrons. The van der Waals surface area contributed by atoms with Gasteiger partial charge in [-0.2, -0.15) is 5.26 Å². The molecule has 1 aromatic rings. The zero-order valence-corrected chi connectivity index (χ0v) is 18.8. The van der Waals surface area contributed by atoms with Crippen LogP contribution in [0.4, 0.5) is 5.69 Å². The van der Waals surface area contributed by atoms with E-state index in [4.69, 9.17) is 5.26 Å². The third-order valence-electron chi connectivity index (χ3n) is 6.51. The number of amides is 3. The summed E-state index contributed by atoms with van der Waals surface area (Å²) in [5.74, 6) is 0.186. The van der Waals surface area contributed by atoms with Crippen LogP contribution in [0.15, 0.2) is 30.3 Å². The standard InChI is InChI=1S/C25H34N4O3/c26-16-7-17-29(22-10-5-2-6-11-22)24(31)13-12-23(30)27-21-14-18-28(19-15-21)25(32)20-8-3-1-4-9-20/h2,5-6,10-11,20-21H,1,3-4,7-9,12-15,17-19H2,(H,27,30). The number of piperidine rings is 1. The first kappa shape index (κ1) is 23.8. The van der Waals surface area contributed by atoms with Gasteiger partial charge in [-0.3, -0.25) is 14.4 Å². The highest BCUT2D eigenvalue weighted by atomic mass is 16.2. The minimum Gasteiger partial charge on any atom is -0.353 e. The molecule has 1 heterocycles. The van der Waals surface area contributed by atoms with Gasteiger partial charge < -0.3 is 15.1 Å². The largest absolute Gasteiger partial charge is 0.353 e. The zero-order chi connectivity index (χ0) is 22.8. The maximum absolute atomic E-state index is 12.7. The number of hydrogen-bond acceptors (Lipinski definition) is 4. The smallest absolute Gasteiger partial charge is 0.227 e. The molecule has 172 valence electrons. The molecule has 3 rings (SSSR count). The molecule has 1 aliphatic heterocycles. The zero-order valence-electron chi connectivity index (χ0n) is 18.8.